The maximum atomic E-state index is 12.4. The molecule has 3 nitrogen and oxygen atoms in total. The molecule has 1 saturated carbocycles. The van der Waals surface area contributed by atoms with Crippen LogP contribution in [0, 0.1) is 5.41 Å². The maximum Gasteiger partial charge on any atom is 0.235 e. The van der Waals surface area contributed by atoms with Gasteiger partial charge >= 0.3 is 0 Å². The summed E-state index contributed by atoms with van der Waals surface area (Å²) in [5.74, 6) is 0.115. The van der Waals surface area contributed by atoms with Crippen LogP contribution in [0.5, 0.6) is 0 Å². The van der Waals surface area contributed by atoms with Crippen LogP contribution in [0.1, 0.15) is 45.4 Å². The molecule has 0 atom stereocenters. The Morgan fingerprint density at radius 3 is 2.19 bits per heavy atom. The lowest BCUT2D eigenvalue weighted by molar-refractivity contribution is -0.137. The second kappa shape index (κ2) is 5.62. The quantitative estimate of drug-likeness (QED) is 0.609. The number of rotatable bonds is 3. The zero-order chi connectivity index (χ0) is 12.2. The molecule has 0 spiro atoms. The summed E-state index contributed by atoms with van der Waals surface area (Å²) in [4.78, 5) is 14.5. The minimum Gasteiger partial charge on any atom is -0.392 e. The topological polar surface area (TPSA) is 46.3 Å². The Labute approximate surface area is 103 Å². The fourth-order valence-corrected chi connectivity index (χ4v) is 2.70. The Morgan fingerprint density at radius 1 is 1.31 bits per heavy atom. The maximum absolute atomic E-state index is 12.4. The number of nitrogens with zero attached hydrogens (tertiary/aromatic N) is 1. The van der Waals surface area contributed by atoms with Crippen LogP contribution in [0.2, 0.25) is 0 Å². The first kappa shape index (κ1) is 13.4. The van der Waals surface area contributed by atoms with Gasteiger partial charge in [-0.1, -0.05) is 37.9 Å². The van der Waals surface area contributed by atoms with E-state index in [0.29, 0.717) is 11.5 Å². The van der Waals surface area contributed by atoms with Crippen molar-refractivity contribution in [1.82, 2.24) is 4.90 Å². The molecule has 1 aliphatic carbocycles. The Hall–Kier alpha value is -0.640. The summed E-state index contributed by atoms with van der Waals surface area (Å²) in [5.41, 5.74) is 5.29. The van der Waals surface area contributed by atoms with E-state index in [2.05, 4.69) is 0 Å². The highest BCUT2D eigenvalue weighted by Crippen LogP contribution is 2.37. The molecular weight excluding hydrogens is 220 g/mol. The Bertz CT molecular complexity index is 270. The van der Waals surface area contributed by atoms with Gasteiger partial charge in [0.2, 0.25) is 5.91 Å². The van der Waals surface area contributed by atoms with Crippen molar-refractivity contribution in [1.29, 1.82) is 0 Å². The van der Waals surface area contributed by atoms with Crippen LogP contribution in [0.4, 0.5) is 0 Å². The second-order valence-electron chi connectivity index (χ2n) is 4.68. The molecule has 0 aromatic rings. The van der Waals surface area contributed by atoms with E-state index >= 15 is 0 Å². The molecule has 0 bridgehead atoms. The summed E-state index contributed by atoms with van der Waals surface area (Å²) < 4.78 is 0. The van der Waals surface area contributed by atoms with E-state index in [1.54, 1.807) is 4.90 Å². The van der Waals surface area contributed by atoms with Crippen LogP contribution >= 0.6 is 12.2 Å². The molecule has 0 aromatic heterocycles. The molecule has 4 heteroatoms. The molecule has 0 saturated heterocycles. The van der Waals surface area contributed by atoms with Crippen molar-refractivity contribution in [2.45, 2.75) is 45.4 Å². The Morgan fingerprint density at radius 2 is 1.81 bits per heavy atom. The number of carbonyl (C=O) groups excluding carboxylic acids is 1. The van der Waals surface area contributed by atoms with Gasteiger partial charge in [-0.15, -0.1) is 0 Å². The number of nitrogens with two attached hydrogens (primary N) is 1. The second-order valence-corrected chi connectivity index (χ2v) is 5.12. The SMILES string of the molecule is CCN(C)C(=O)C1(C(N)=S)CCCCCC1. The number of hydrogen-bond donors (Lipinski definition) is 1. The van der Waals surface area contributed by atoms with Crippen LogP contribution in [0.25, 0.3) is 0 Å². The summed E-state index contributed by atoms with van der Waals surface area (Å²) >= 11 is 5.16. The zero-order valence-electron chi connectivity index (χ0n) is 10.3. The van der Waals surface area contributed by atoms with E-state index < -0.39 is 5.41 Å². The highest BCUT2D eigenvalue weighted by atomic mass is 32.1. The van der Waals surface area contributed by atoms with Crippen molar-refractivity contribution >= 4 is 23.1 Å². The van der Waals surface area contributed by atoms with Gasteiger partial charge in [0.05, 0.1) is 10.4 Å². The minimum atomic E-state index is -0.559. The van der Waals surface area contributed by atoms with Crippen molar-refractivity contribution < 1.29 is 4.79 Å². The van der Waals surface area contributed by atoms with Crippen LogP contribution < -0.4 is 5.73 Å². The van der Waals surface area contributed by atoms with Gasteiger partial charge in [-0.05, 0) is 19.8 Å². The van der Waals surface area contributed by atoms with Crippen molar-refractivity contribution in [3.63, 3.8) is 0 Å². The van der Waals surface area contributed by atoms with Gasteiger partial charge in [-0.3, -0.25) is 4.79 Å². The van der Waals surface area contributed by atoms with Gasteiger partial charge in [0.15, 0.2) is 0 Å². The fraction of sp³-hybridized carbons (Fsp3) is 0.833. The van der Waals surface area contributed by atoms with E-state index in [0.717, 1.165) is 25.7 Å². The van der Waals surface area contributed by atoms with Gasteiger partial charge in [0.25, 0.3) is 0 Å². The first-order chi connectivity index (χ1) is 7.54. The normalized spacial score (nSPS) is 19.9. The molecule has 1 aliphatic rings. The molecule has 0 heterocycles. The van der Waals surface area contributed by atoms with E-state index in [1.165, 1.54) is 12.8 Å². The van der Waals surface area contributed by atoms with E-state index in [9.17, 15) is 4.79 Å². The van der Waals surface area contributed by atoms with Crippen molar-refractivity contribution in [3.05, 3.63) is 0 Å². The monoisotopic (exact) mass is 242 g/mol. The van der Waals surface area contributed by atoms with Crippen molar-refractivity contribution in [2.75, 3.05) is 13.6 Å². The minimum absolute atomic E-state index is 0.115. The lowest BCUT2D eigenvalue weighted by Crippen LogP contribution is -2.49. The lowest BCUT2D eigenvalue weighted by Gasteiger charge is -2.33. The van der Waals surface area contributed by atoms with Crippen molar-refractivity contribution in [2.24, 2.45) is 11.1 Å². The van der Waals surface area contributed by atoms with Crippen LogP contribution in [-0.4, -0.2) is 29.4 Å². The molecule has 1 amide bonds. The first-order valence-electron chi connectivity index (χ1n) is 6.10. The first-order valence-corrected chi connectivity index (χ1v) is 6.51. The molecule has 1 rings (SSSR count). The molecule has 0 aromatic carbocycles. The zero-order valence-corrected chi connectivity index (χ0v) is 11.1. The molecule has 92 valence electrons. The Balaban J connectivity index is 2.94. The smallest absolute Gasteiger partial charge is 0.235 e. The predicted molar refractivity (Wildman–Crippen MR) is 70.2 cm³/mol. The summed E-state index contributed by atoms with van der Waals surface area (Å²) in [7, 11) is 1.83. The third-order valence-electron chi connectivity index (χ3n) is 3.66. The number of carbonyl (C=O) groups is 1. The highest BCUT2D eigenvalue weighted by molar-refractivity contribution is 7.80. The fourth-order valence-electron chi connectivity index (χ4n) is 2.41. The van der Waals surface area contributed by atoms with E-state index in [-0.39, 0.29) is 5.91 Å². The van der Waals surface area contributed by atoms with E-state index in [1.807, 2.05) is 14.0 Å². The summed E-state index contributed by atoms with van der Waals surface area (Å²) in [6.07, 6.45) is 6.14. The number of amides is 1. The molecule has 0 radical (unpaired) electrons. The van der Waals surface area contributed by atoms with Gasteiger partial charge in [0.1, 0.15) is 0 Å². The summed E-state index contributed by atoms with van der Waals surface area (Å²) in [6, 6.07) is 0. The molecule has 0 unspecified atom stereocenters. The average Bonchev–Trinajstić information content (AvgIpc) is 2.53. The molecule has 0 aliphatic heterocycles. The highest BCUT2D eigenvalue weighted by Gasteiger charge is 2.42. The standard InChI is InChI=1S/C12H22N2OS/c1-3-14(2)11(15)12(10(13)16)8-6-4-5-7-9-12/h3-9H2,1-2H3,(H2,13,16). The van der Waals surface area contributed by atoms with Gasteiger partial charge in [0, 0.05) is 13.6 Å². The number of thiocarbonyl (C=S) groups is 1. The summed E-state index contributed by atoms with van der Waals surface area (Å²) in [5, 5.41) is 0. The van der Waals surface area contributed by atoms with Gasteiger partial charge < -0.3 is 10.6 Å². The predicted octanol–water partition coefficient (Wildman–Crippen LogP) is 2.09. The van der Waals surface area contributed by atoms with Gasteiger partial charge in [-0.2, -0.15) is 0 Å². The molecule has 2 N–H and O–H groups in total. The largest absolute Gasteiger partial charge is 0.392 e. The molecule has 1 fully saturated rings. The van der Waals surface area contributed by atoms with Crippen LogP contribution in [-0.2, 0) is 4.79 Å². The molecular formula is C12H22N2OS. The summed E-state index contributed by atoms with van der Waals surface area (Å²) in [6.45, 7) is 2.69. The lowest BCUT2D eigenvalue weighted by atomic mass is 9.79. The third-order valence-corrected chi connectivity index (χ3v) is 4.05. The number of hydrogen-bond acceptors (Lipinski definition) is 2. The van der Waals surface area contributed by atoms with Crippen LogP contribution in [0.15, 0.2) is 0 Å². The third kappa shape index (κ3) is 2.54. The van der Waals surface area contributed by atoms with Crippen molar-refractivity contribution in [3.8, 4) is 0 Å². The average molecular weight is 242 g/mol. The van der Waals surface area contributed by atoms with Gasteiger partial charge in [-0.25, -0.2) is 0 Å². The van der Waals surface area contributed by atoms with Crippen LogP contribution in [0.3, 0.4) is 0 Å². The molecule has 16 heavy (non-hydrogen) atoms. The van der Waals surface area contributed by atoms with E-state index in [4.69, 9.17) is 18.0 Å². The Kier molecular flexibility index (Phi) is 4.71.